The molecule has 0 bridgehead atoms. The van der Waals surface area contributed by atoms with Crippen LogP contribution in [0.2, 0.25) is 0 Å². The molecular weight excluding hydrogens is 477 g/mol. The summed E-state index contributed by atoms with van der Waals surface area (Å²) in [6.07, 6.45) is 4.80. The molecule has 3 aromatic rings. The number of anilines is 1. The van der Waals surface area contributed by atoms with Gasteiger partial charge in [-0.3, -0.25) is 4.99 Å². The Balaban J connectivity index is 0.00000240. The van der Waals surface area contributed by atoms with Crippen molar-refractivity contribution in [3.05, 3.63) is 55.0 Å². The smallest absolute Gasteiger partial charge is 0.193 e. The van der Waals surface area contributed by atoms with Crippen LogP contribution in [0.4, 0.5) is 5.82 Å². The molecule has 0 radical (unpaired) electrons. The molecule has 4 rings (SSSR count). The molecule has 1 aromatic carbocycles. The second kappa shape index (κ2) is 10.4. The summed E-state index contributed by atoms with van der Waals surface area (Å²) in [6, 6.07) is 14.3. The summed E-state index contributed by atoms with van der Waals surface area (Å²) in [7, 11) is 1.86. The van der Waals surface area contributed by atoms with Crippen molar-refractivity contribution in [1.29, 1.82) is 0 Å². The topological polar surface area (TPSA) is 61.6 Å². The predicted molar refractivity (Wildman–Crippen MR) is 129 cm³/mol. The minimum Gasteiger partial charge on any atom is -0.356 e. The van der Waals surface area contributed by atoms with Gasteiger partial charge in [0.15, 0.2) is 5.96 Å². The van der Waals surface area contributed by atoms with Crippen LogP contribution in [0, 0.1) is 0 Å². The number of aliphatic imine (C=N–C) groups is 1. The normalized spacial score (nSPS) is 14.7. The number of piperazine rings is 1. The van der Waals surface area contributed by atoms with E-state index in [4.69, 9.17) is 0 Å². The van der Waals surface area contributed by atoms with Crippen molar-refractivity contribution < 1.29 is 0 Å². The van der Waals surface area contributed by atoms with Gasteiger partial charge >= 0.3 is 0 Å². The number of benzene rings is 1. The van der Waals surface area contributed by atoms with Crippen molar-refractivity contribution in [2.45, 2.75) is 13.0 Å². The van der Waals surface area contributed by atoms with Crippen LogP contribution >= 0.6 is 24.0 Å². The summed E-state index contributed by atoms with van der Waals surface area (Å²) in [4.78, 5) is 18.0. The van der Waals surface area contributed by atoms with Crippen LogP contribution < -0.4 is 10.2 Å². The molecule has 2 aromatic heterocycles. The number of nitrogens with one attached hydrogen (secondary N) is 1. The van der Waals surface area contributed by atoms with Crippen LogP contribution in [0.15, 0.2) is 60.0 Å². The van der Waals surface area contributed by atoms with E-state index in [0.717, 1.165) is 63.0 Å². The van der Waals surface area contributed by atoms with E-state index in [2.05, 4.69) is 58.9 Å². The number of hydrogen-bond donors (Lipinski definition) is 1. The second-order valence-corrected chi connectivity index (χ2v) is 6.92. The monoisotopic (exact) mass is 505 g/mol. The van der Waals surface area contributed by atoms with E-state index < -0.39 is 0 Å². The molecule has 0 atom stereocenters. The van der Waals surface area contributed by atoms with Gasteiger partial charge < -0.3 is 19.7 Å². The number of aromatic nitrogens is 3. The molecule has 1 N–H and O–H groups in total. The number of halogens is 1. The third-order valence-corrected chi connectivity index (χ3v) is 5.15. The number of rotatable bonds is 5. The Morgan fingerprint density at radius 1 is 1.03 bits per heavy atom. The number of aryl methyl sites for hydroxylation is 1. The lowest BCUT2D eigenvalue weighted by molar-refractivity contribution is 0.371. The van der Waals surface area contributed by atoms with Gasteiger partial charge in [-0.05, 0) is 30.7 Å². The Morgan fingerprint density at radius 3 is 2.59 bits per heavy atom. The fraction of sp³-hybridized carbons (Fsp3) is 0.381. The maximum absolute atomic E-state index is 4.47. The molecule has 1 aliphatic rings. The predicted octanol–water partition coefficient (Wildman–Crippen LogP) is 2.84. The highest BCUT2D eigenvalue weighted by molar-refractivity contribution is 14.0. The molecule has 0 saturated carbocycles. The van der Waals surface area contributed by atoms with Gasteiger partial charge in [0.05, 0.1) is 17.4 Å². The Bertz CT molecular complexity index is 917. The van der Waals surface area contributed by atoms with Crippen LogP contribution in [0.25, 0.3) is 11.0 Å². The largest absolute Gasteiger partial charge is 0.356 e. The van der Waals surface area contributed by atoms with Gasteiger partial charge in [-0.15, -0.1) is 24.0 Å². The molecule has 1 saturated heterocycles. The average molecular weight is 505 g/mol. The van der Waals surface area contributed by atoms with Crippen molar-refractivity contribution in [1.82, 2.24) is 24.8 Å². The lowest BCUT2D eigenvalue weighted by atomic mass is 10.3. The van der Waals surface area contributed by atoms with Crippen LogP contribution in [0.3, 0.4) is 0 Å². The lowest BCUT2D eigenvalue weighted by Crippen LogP contribution is -2.52. The zero-order valence-corrected chi connectivity index (χ0v) is 19.1. The van der Waals surface area contributed by atoms with Gasteiger partial charge in [0.25, 0.3) is 0 Å². The molecule has 1 fully saturated rings. The van der Waals surface area contributed by atoms with Crippen LogP contribution in [-0.2, 0) is 6.54 Å². The molecule has 1 aliphatic heterocycles. The van der Waals surface area contributed by atoms with Crippen molar-refractivity contribution in [3.8, 4) is 0 Å². The fourth-order valence-electron chi connectivity index (χ4n) is 3.66. The van der Waals surface area contributed by atoms with Gasteiger partial charge in [-0.25, -0.2) is 9.97 Å². The first-order chi connectivity index (χ1) is 13.8. The molecule has 154 valence electrons. The van der Waals surface area contributed by atoms with E-state index in [9.17, 15) is 0 Å². The van der Waals surface area contributed by atoms with Gasteiger partial charge in [0, 0.05) is 52.5 Å². The highest BCUT2D eigenvalue weighted by atomic mass is 127. The Morgan fingerprint density at radius 2 is 1.83 bits per heavy atom. The van der Waals surface area contributed by atoms with Crippen molar-refractivity contribution in [3.63, 3.8) is 0 Å². The van der Waals surface area contributed by atoms with Crippen LogP contribution in [-0.4, -0.2) is 65.2 Å². The Labute approximate surface area is 188 Å². The van der Waals surface area contributed by atoms with Gasteiger partial charge in [0.2, 0.25) is 0 Å². The quantitative estimate of drug-likeness (QED) is 0.250. The maximum atomic E-state index is 4.47. The van der Waals surface area contributed by atoms with Crippen molar-refractivity contribution in [2.75, 3.05) is 44.7 Å². The minimum absolute atomic E-state index is 0. The SMILES string of the molecule is CN=C(NCCCn1cnc2ccccc21)N1CCN(c2ccccn2)CC1.I. The first kappa shape index (κ1) is 21.4. The summed E-state index contributed by atoms with van der Waals surface area (Å²) < 4.78 is 2.21. The number of guanidine groups is 1. The van der Waals surface area contributed by atoms with E-state index in [0.29, 0.717) is 0 Å². The zero-order valence-electron chi connectivity index (χ0n) is 16.7. The Hall–Kier alpha value is -2.36. The van der Waals surface area contributed by atoms with Crippen molar-refractivity contribution >= 4 is 46.8 Å². The van der Waals surface area contributed by atoms with Crippen LogP contribution in [0.5, 0.6) is 0 Å². The van der Waals surface area contributed by atoms with Gasteiger partial charge in [-0.1, -0.05) is 18.2 Å². The molecule has 0 spiro atoms. The number of hydrogen-bond acceptors (Lipinski definition) is 4. The van der Waals surface area contributed by atoms with E-state index in [1.54, 1.807) is 0 Å². The zero-order chi connectivity index (χ0) is 19.2. The van der Waals surface area contributed by atoms with E-state index in [1.165, 1.54) is 5.52 Å². The third-order valence-electron chi connectivity index (χ3n) is 5.15. The lowest BCUT2D eigenvalue weighted by Gasteiger charge is -2.37. The van der Waals surface area contributed by atoms with Gasteiger partial charge in [0.1, 0.15) is 5.82 Å². The van der Waals surface area contributed by atoms with Crippen LogP contribution in [0.1, 0.15) is 6.42 Å². The number of fused-ring (bicyclic) bond motifs is 1. The average Bonchev–Trinajstić information content (AvgIpc) is 3.18. The third kappa shape index (κ3) is 5.17. The number of pyridine rings is 1. The fourth-order valence-corrected chi connectivity index (χ4v) is 3.66. The molecule has 7 nitrogen and oxygen atoms in total. The number of nitrogens with zero attached hydrogens (tertiary/aromatic N) is 6. The van der Waals surface area contributed by atoms with E-state index >= 15 is 0 Å². The summed E-state index contributed by atoms with van der Waals surface area (Å²) in [5.74, 6) is 2.04. The minimum atomic E-state index is 0. The first-order valence-corrected chi connectivity index (χ1v) is 9.86. The van der Waals surface area contributed by atoms with E-state index in [1.807, 2.05) is 37.8 Å². The molecule has 0 aliphatic carbocycles. The summed E-state index contributed by atoms with van der Waals surface area (Å²) in [6.45, 7) is 5.64. The number of imidazole rings is 1. The molecule has 3 heterocycles. The molecule has 0 amide bonds. The first-order valence-electron chi connectivity index (χ1n) is 9.86. The highest BCUT2D eigenvalue weighted by Gasteiger charge is 2.20. The van der Waals surface area contributed by atoms with E-state index in [-0.39, 0.29) is 24.0 Å². The molecule has 0 unspecified atom stereocenters. The summed E-state index contributed by atoms with van der Waals surface area (Å²) in [5, 5.41) is 3.51. The maximum Gasteiger partial charge on any atom is 0.193 e. The second-order valence-electron chi connectivity index (χ2n) is 6.92. The highest BCUT2D eigenvalue weighted by Crippen LogP contribution is 2.13. The summed E-state index contributed by atoms with van der Waals surface area (Å²) in [5.41, 5.74) is 2.24. The molecular formula is C21H28IN7. The standard InChI is InChI=1S/C21H27N7.HI/c1-22-21(27-15-13-26(14-16-27)20-9-4-5-10-23-20)24-11-6-12-28-17-25-18-7-2-3-8-19(18)28;/h2-5,7-10,17H,6,11-16H2,1H3,(H,22,24);1H. The summed E-state index contributed by atoms with van der Waals surface area (Å²) >= 11 is 0. The van der Waals surface area contributed by atoms with Crippen molar-refractivity contribution in [2.24, 2.45) is 4.99 Å². The molecule has 8 heteroatoms. The number of para-hydroxylation sites is 2. The Kier molecular flexibility index (Phi) is 7.68. The van der Waals surface area contributed by atoms with Gasteiger partial charge in [-0.2, -0.15) is 0 Å². The molecule has 29 heavy (non-hydrogen) atoms.